The van der Waals surface area contributed by atoms with Crippen LogP contribution in [0.4, 0.5) is 0 Å². The Hall–Kier alpha value is -2.99. The van der Waals surface area contributed by atoms with Crippen molar-refractivity contribution < 1.29 is 19.4 Å². The molecule has 1 aliphatic heterocycles. The lowest BCUT2D eigenvalue weighted by Crippen LogP contribution is -2.46. The number of ether oxygens (including phenoxy) is 2. The van der Waals surface area contributed by atoms with Crippen molar-refractivity contribution >= 4 is 16.8 Å². The molecule has 0 radical (unpaired) electrons. The highest BCUT2D eigenvalue weighted by Crippen LogP contribution is 2.31. The summed E-state index contributed by atoms with van der Waals surface area (Å²) in [5, 5.41) is 11.1. The summed E-state index contributed by atoms with van der Waals surface area (Å²) < 4.78 is 10.6. The topological polar surface area (TPSA) is 74.8 Å². The second-order valence-electron chi connectivity index (χ2n) is 7.06. The summed E-state index contributed by atoms with van der Waals surface area (Å²) in [6.45, 7) is 0.415. The van der Waals surface area contributed by atoms with Crippen molar-refractivity contribution in [2.24, 2.45) is 0 Å². The maximum Gasteiger partial charge on any atom is 0.227 e. The molecular formula is C22H24N2O4. The number of aliphatic hydroxyl groups excluding tert-OH is 1. The fourth-order valence-electron chi connectivity index (χ4n) is 3.99. The number of fused-ring (bicyclic) bond motifs is 3. The quantitative estimate of drug-likeness (QED) is 0.714. The number of hydrogen-bond donors (Lipinski definition) is 2. The van der Waals surface area contributed by atoms with Crippen molar-refractivity contribution in [3.05, 3.63) is 59.3 Å². The maximum atomic E-state index is 13.0. The van der Waals surface area contributed by atoms with Gasteiger partial charge >= 0.3 is 0 Å². The van der Waals surface area contributed by atoms with E-state index in [1.807, 2.05) is 30.3 Å². The molecular weight excluding hydrogens is 356 g/mol. The van der Waals surface area contributed by atoms with Gasteiger partial charge in [-0.3, -0.25) is 4.79 Å². The van der Waals surface area contributed by atoms with Gasteiger partial charge in [-0.2, -0.15) is 0 Å². The summed E-state index contributed by atoms with van der Waals surface area (Å²) in [7, 11) is 3.16. The fourth-order valence-corrected chi connectivity index (χ4v) is 3.99. The van der Waals surface area contributed by atoms with Crippen LogP contribution in [0.3, 0.4) is 0 Å². The second kappa shape index (κ2) is 7.56. The van der Waals surface area contributed by atoms with Crippen molar-refractivity contribution in [2.45, 2.75) is 25.4 Å². The van der Waals surface area contributed by atoms with E-state index < -0.39 is 0 Å². The Labute approximate surface area is 163 Å². The summed E-state index contributed by atoms with van der Waals surface area (Å²) >= 11 is 0. The lowest BCUT2D eigenvalue weighted by atomic mass is 9.96. The van der Waals surface area contributed by atoms with Gasteiger partial charge in [0.1, 0.15) is 0 Å². The monoisotopic (exact) mass is 380 g/mol. The number of benzene rings is 2. The van der Waals surface area contributed by atoms with Crippen LogP contribution in [0.15, 0.2) is 42.5 Å². The largest absolute Gasteiger partial charge is 0.493 e. The average Bonchev–Trinajstić information content (AvgIpc) is 3.10. The number of H-pyrrole nitrogens is 1. The minimum Gasteiger partial charge on any atom is -0.493 e. The van der Waals surface area contributed by atoms with Gasteiger partial charge in [0.15, 0.2) is 11.5 Å². The first-order valence-electron chi connectivity index (χ1n) is 9.34. The number of aromatic nitrogens is 1. The van der Waals surface area contributed by atoms with Crippen LogP contribution in [0.5, 0.6) is 11.5 Å². The van der Waals surface area contributed by atoms with Gasteiger partial charge in [0.25, 0.3) is 0 Å². The van der Waals surface area contributed by atoms with E-state index in [4.69, 9.17) is 9.47 Å². The number of nitrogens with one attached hydrogen (secondary N) is 1. The third-order valence-corrected chi connectivity index (χ3v) is 5.45. The van der Waals surface area contributed by atoms with Crippen LogP contribution in [0.25, 0.3) is 10.9 Å². The van der Waals surface area contributed by atoms with Gasteiger partial charge < -0.3 is 24.5 Å². The summed E-state index contributed by atoms with van der Waals surface area (Å²) in [6, 6.07) is 13.4. The van der Waals surface area contributed by atoms with E-state index in [2.05, 4.69) is 11.1 Å². The van der Waals surface area contributed by atoms with Gasteiger partial charge in [-0.1, -0.05) is 24.3 Å². The number of carbonyl (C=O) groups is 1. The molecule has 28 heavy (non-hydrogen) atoms. The molecule has 1 aliphatic rings. The molecule has 1 amide bonds. The van der Waals surface area contributed by atoms with E-state index in [-0.39, 0.29) is 25.0 Å². The van der Waals surface area contributed by atoms with Crippen molar-refractivity contribution in [1.29, 1.82) is 0 Å². The molecule has 2 heterocycles. The Morgan fingerprint density at radius 2 is 1.96 bits per heavy atom. The summed E-state index contributed by atoms with van der Waals surface area (Å²) in [6.07, 6.45) is 0.889. The van der Waals surface area contributed by atoms with Gasteiger partial charge in [-0.25, -0.2) is 0 Å². The van der Waals surface area contributed by atoms with Gasteiger partial charge in [-0.05, 0) is 35.7 Å². The number of rotatable bonds is 5. The molecule has 0 aliphatic carbocycles. The molecule has 4 rings (SSSR count). The normalized spacial score (nSPS) is 16.1. The van der Waals surface area contributed by atoms with Crippen molar-refractivity contribution in [3.8, 4) is 11.5 Å². The SMILES string of the molecule is COc1ccc(CC(=O)N2Cc3[nH]c4ccccc4c3CC2CO)cc1OC. The first kappa shape index (κ1) is 18.4. The zero-order chi connectivity index (χ0) is 19.7. The van der Waals surface area contributed by atoms with Gasteiger partial charge in [-0.15, -0.1) is 0 Å². The number of carbonyl (C=O) groups excluding carboxylic acids is 1. The maximum absolute atomic E-state index is 13.0. The van der Waals surface area contributed by atoms with E-state index in [0.717, 1.165) is 16.8 Å². The minimum absolute atomic E-state index is 0.0180. The predicted molar refractivity (Wildman–Crippen MR) is 107 cm³/mol. The minimum atomic E-state index is -0.223. The Kier molecular flexibility index (Phi) is 4.96. The number of aromatic amines is 1. The second-order valence-corrected chi connectivity index (χ2v) is 7.06. The lowest BCUT2D eigenvalue weighted by molar-refractivity contribution is -0.135. The molecule has 0 fully saturated rings. The highest BCUT2D eigenvalue weighted by atomic mass is 16.5. The molecule has 0 saturated carbocycles. The molecule has 1 atom stereocenters. The molecule has 0 saturated heterocycles. The number of nitrogens with zero attached hydrogens (tertiary/aromatic N) is 1. The smallest absolute Gasteiger partial charge is 0.227 e. The molecule has 146 valence electrons. The molecule has 0 bridgehead atoms. The Balaban J connectivity index is 1.58. The number of aliphatic hydroxyl groups is 1. The molecule has 6 nitrogen and oxygen atoms in total. The molecule has 0 spiro atoms. The Bertz CT molecular complexity index is 1010. The van der Waals surface area contributed by atoms with Crippen LogP contribution >= 0.6 is 0 Å². The van der Waals surface area contributed by atoms with Gasteiger partial charge in [0, 0.05) is 16.6 Å². The number of para-hydroxylation sites is 1. The fraction of sp³-hybridized carbons (Fsp3) is 0.318. The van der Waals surface area contributed by atoms with E-state index in [9.17, 15) is 9.90 Å². The lowest BCUT2D eigenvalue weighted by Gasteiger charge is -2.35. The van der Waals surface area contributed by atoms with Crippen LogP contribution in [0.2, 0.25) is 0 Å². The van der Waals surface area contributed by atoms with Gasteiger partial charge in [0.2, 0.25) is 5.91 Å². The average molecular weight is 380 g/mol. The molecule has 2 aromatic carbocycles. The first-order chi connectivity index (χ1) is 13.6. The first-order valence-corrected chi connectivity index (χ1v) is 9.34. The third-order valence-electron chi connectivity index (χ3n) is 5.45. The highest BCUT2D eigenvalue weighted by Gasteiger charge is 2.31. The van der Waals surface area contributed by atoms with Crippen LogP contribution in [-0.4, -0.2) is 47.8 Å². The molecule has 3 aromatic rings. The Morgan fingerprint density at radius 3 is 2.71 bits per heavy atom. The van der Waals surface area contributed by atoms with Crippen molar-refractivity contribution in [3.63, 3.8) is 0 Å². The van der Waals surface area contributed by atoms with E-state index in [1.165, 1.54) is 10.9 Å². The number of hydrogen-bond acceptors (Lipinski definition) is 4. The molecule has 6 heteroatoms. The van der Waals surface area contributed by atoms with Crippen LogP contribution in [0, 0.1) is 0 Å². The molecule has 1 aromatic heterocycles. The van der Waals surface area contributed by atoms with E-state index >= 15 is 0 Å². The number of amides is 1. The molecule has 2 N–H and O–H groups in total. The van der Waals surface area contributed by atoms with Gasteiger partial charge in [0.05, 0.1) is 39.8 Å². The zero-order valence-corrected chi connectivity index (χ0v) is 16.1. The van der Waals surface area contributed by atoms with Crippen LogP contribution in [-0.2, 0) is 24.2 Å². The predicted octanol–water partition coefficient (Wildman–Crippen LogP) is 2.67. The third kappa shape index (κ3) is 3.20. The summed E-state index contributed by atoms with van der Waals surface area (Å²) in [4.78, 5) is 18.2. The van der Waals surface area contributed by atoms with E-state index in [1.54, 1.807) is 25.2 Å². The number of methoxy groups -OCH3 is 2. The summed E-state index contributed by atoms with van der Waals surface area (Å²) in [5.41, 5.74) is 4.16. The Morgan fingerprint density at radius 1 is 1.18 bits per heavy atom. The standard InChI is InChI=1S/C22H24N2O4/c1-27-20-8-7-14(9-21(20)28-2)10-22(26)24-12-19-17(11-15(24)13-25)16-5-3-4-6-18(16)23-19/h3-9,15,23,25H,10-13H2,1-2H3. The van der Waals surface area contributed by atoms with Crippen LogP contribution in [0.1, 0.15) is 16.8 Å². The highest BCUT2D eigenvalue weighted by molar-refractivity contribution is 5.86. The van der Waals surface area contributed by atoms with E-state index in [0.29, 0.717) is 24.5 Å². The van der Waals surface area contributed by atoms with Crippen molar-refractivity contribution in [1.82, 2.24) is 9.88 Å². The van der Waals surface area contributed by atoms with Crippen LogP contribution < -0.4 is 9.47 Å². The van der Waals surface area contributed by atoms with Crippen molar-refractivity contribution in [2.75, 3.05) is 20.8 Å². The summed E-state index contributed by atoms with van der Waals surface area (Å²) in [5.74, 6) is 1.21. The molecule has 1 unspecified atom stereocenters. The zero-order valence-electron chi connectivity index (χ0n) is 16.1.